The van der Waals surface area contributed by atoms with Crippen molar-refractivity contribution in [2.45, 2.75) is 0 Å². The van der Waals surface area contributed by atoms with E-state index in [0.29, 0.717) is 16.5 Å². The SMILES string of the molecule is Nc1cnc(Nc2ccc3ncccc3c2)c(Cl)c1. The van der Waals surface area contributed by atoms with Gasteiger partial charge in [0, 0.05) is 17.3 Å². The fourth-order valence-electron chi connectivity index (χ4n) is 1.83. The summed E-state index contributed by atoms with van der Waals surface area (Å²) in [6, 6.07) is 11.5. The van der Waals surface area contributed by atoms with Crippen LogP contribution in [0, 0.1) is 0 Å². The van der Waals surface area contributed by atoms with Crippen molar-refractivity contribution < 1.29 is 0 Å². The largest absolute Gasteiger partial charge is 0.397 e. The van der Waals surface area contributed by atoms with Crippen LogP contribution in [0.1, 0.15) is 0 Å². The van der Waals surface area contributed by atoms with Crippen molar-refractivity contribution in [3.05, 3.63) is 53.8 Å². The number of hydrogen-bond donors (Lipinski definition) is 2. The summed E-state index contributed by atoms with van der Waals surface area (Å²) >= 11 is 6.08. The summed E-state index contributed by atoms with van der Waals surface area (Å²) in [6.45, 7) is 0. The van der Waals surface area contributed by atoms with E-state index in [9.17, 15) is 0 Å². The van der Waals surface area contributed by atoms with Crippen LogP contribution in [0.25, 0.3) is 10.9 Å². The van der Waals surface area contributed by atoms with Gasteiger partial charge in [-0.15, -0.1) is 0 Å². The Morgan fingerprint density at radius 1 is 1.11 bits per heavy atom. The lowest BCUT2D eigenvalue weighted by Crippen LogP contribution is -1.96. The third-order valence-electron chi connectivity index (χ3n) is 2.73. The molecular weight excluding hydrogens is 260 g/mol. The molecular formula is C14H11ClN4. The van der Waals surface area contributed by atoms with Crippen LogP contribution in [0.15, 0.2) is 48.8 Å². The lowest BCUT2D eigenvalue weighted by Gasteiger charge is -2.08. The van der Waals surface area contributed by atoms with E-state index in [4.69, 9.17) is 17.3 Å². The van der Waals surface area contributed by atoms with Crippen LogP contribution >= 0.6 is 11.6 Å². The quantitative estimate of drug-likeness (QED) is 0.747. The monoisotopic (exact) mass is 270 g/mol. The van der Waals surface area contributed by atoms with Gasteiger partial charge in [-0.1, -0.05) is 17.7 Å². The van der Waals surface area contributed by atoms with Crippen LogP contribution in [0.4, 0.5) is 17.2 Å². The standard InChI is InChI=1S/C14H11ClN4/c15-12-7-10(16)8-18-14(12)19-11-3-4-13-9(6-11)2-1-5-17-13/h1-8H,16H2,(H,18,19). The molecule has 1 aromatic carbocycles. The van der Waals surface area contributed by atoms with Crippen LogP contribution in [0.2, 0.25) is 5.02 Å². The van der Waals surface area contributed by atoms with E-state index >= 15 is 0 Å². The smallest absolute Gasteiger partial charge is 0.149 e. The highest BCUT2D eigenvalue weighted by atomic mass is 35.5. The second-order valence-electron chi connectivity index (χ2n) is 4.13. The molecule has 0 saturated carbocycles. The molecule has 2 heterocycles. The van der Waals surface area contributed by atoms with Crippen molar-refractivity contribution >= 4 is 39.7 Å². The van der Waals surface area contributed by atoms with E-state index in [1.54, 1.807) is 18.5 Å². The first-order chi connectivity index (χ1) is 9.22. The van der Waals surface area contributed by atoms with Crippen molar-refractivity contribution in [2.75, 3.05) is 11.1 Å². The molecule has 0 atom stereocenters. The molecule has 0 amide bonds. The van der Waals surface area contributed by atoms with Crippen molar-refractivity contribution in [1.29, 1.82) is 0 Å². The summed E-state index contributed by atoms with van der Waals surface area (Å²) in [7, 11) is 0. The topological polar surface area (TPSA) is 63.8 Å². The van der Waals surface area contributed by atoms with Gasteiger partial charge >= 0.3 is 0 Å². The van der Waals surface area contributed by atoms with Crippen LogP contribution in [-0.2, 0) is 0 Å². The maximum Gasteiger partial charge on any atom is 0.149 e. The van der Waals surface area contributed by atoms with Crippen molar-refractivity contribution in [2.24, 2.45) is 0 Å². The Morgan fingerprint density at radius 3 is 2.84 bits per heavy atom. The van der Waals surface area contributed by atoms with E-state index in [1.165, 1.54) is 0 Å². The molecule has 0 spiro atoms. The van der Waals surface area contributed by atoms with Gasteiger partial charge in [0.25, 0.3) is 0 Å². The van der Waals surface area contributed by atoms with Crippen molar-refractivity contribution in [3.8, 4) is 0 Å². The molecule has 2 aromatic heterocycles. The molecule has 0 fully saturated rings. The van der Waals surface area contributed by atoms with Gasteiger partial charge in [0.05, 0.1) is 22.4 Å². The number of nitrogens with two attached hydrogens (primary N) is 1. The highest BCUT2D eigenvalue weighted by Crippen LogP contribution is 2.26. The van der Waals surface area contributed by atoms with Gasteiger partial charge in [-0.2, -0.15) is 0 Å². The molecule has 0 aliphatic carbocycles. The van der Waals surface area contributed by atoms with Crippen molar-refractivity contribution in [3.63, 3.8) is 0 Å². The van der Waals surface area contributed by atoms with E-state index in [-0.39, 0.29) is 0 Å². The van der Waals surface area contributed by atoms with Crippen LogP contribution < -0.4 is 11.1 Å². The van der Waals surface area contributed by atoms with Crippen LogP contribution in [0.5, 0.6) is 0 Å². The van der Waals surface area contributed by atoms with E-state index < -0.39 is 0 Å². The molecule has 3 aromatic rings. The molecule has 0 unspecified atom stereocenters. The Morgan fingerprint density at radius 2 is 2.00 bits per heavy atom. The summed E-state index contributed by atoms with van der Waals surface area (Å²) in [5.41, 5.74) is 8.00. The van der Waals surface area contributed by atoms with E-state index in [0.717, 1.165) is 16.6 Å². The van der Waals surface area contributed by atoms with Gasteiger partial charge in [-0.05, 0) is 30.3 Å². The highest BCUT2D eigenvalue weighted by molar-refractivity contribution is 6.33. The number of rotatable bonds is 2. The van der Waals surface area contributed by atoms with Gasteiger partial charge in [-0.25, -0.2) is 4.98 Å². The third-order valence-corrected chi connectivity index (χ3v) is 3.02. The highest BCUT2D eigenvalue weighted by Gasteiger charge is 2.03. The Balaban J connectivity index is 1.96. The molecule has 3 N–H and O–H groups in total. The number of hydrogen-bond acceptors (Lipinski definition) is 4. The average molecular weight is 271 g/mol. The average Bonchev–Trinajstić information content (AvgIpc) is 2.42. The third kappa shape index (κ3) is 2.44. The number of nitrogen functional groups attached to an aromatic ring is 1. The van der Waals surface area contributed by atoms with Gasteiger partial charge in [0.1, 0.15) is 5.82 Å². The molecule has 3 rings (SSSR count). The number of nitrogens with one attached hydrogen (secondary N) is 1. The second kappa shape index (κ2) is 4.74. The molecule has 0 aliphatic rings. The number of nitrogens with zero attached hydrogens (tertiary/aromatic N) is 2. The molecule has 5 heteroatoms. The molecule has 0 aliphatic heterocycles. The summed E-state index contributed by atoms with van der Waals surface area (Å²) in [5, 5.41) is 4.71. The zero-order chi connectivity index (χ0) is 13.2. The molecule has 0 radical (unpaired) electrons. The first-order valence-electron chi connectivity index (χ1n) is 5.75. The number of aromatic nitrogens is 2. The summed E-state index contributed by atoms with van der Waals surface area (Å²) < 4.78 is 0. The summed E-state index contributed by atoms with van der Waals surface area (Å²) in [6.07, 6.45) is 3.34. The fraction of sp³-hybridized carbons (Fsp3) is 0. The first-order valence-corrected chi connectivity index (χ1v) is 6.13. The van der Waals surface area contributed by atoms with Gasteiger partial charge in [0.15, 0.2) is 0 Å². The molecule has 0 saturated heterocycles. The predicted octanol–water partition coefficient (Wildman–Crippen LogP) is 3.61. The molecule has 0 bridgehead atoms. The molecule has 4 nitrogen and oxygen atoms in total. The minimum atomic E-state index is 0.492. The lowest BCUT2D eigenvalue weighted by molar-refractivity contribution is 1.31. The Bertz CT molecular complexity index is 742. The summed E-state index contributed by atoms with van der Waals surface area (Å²) in [5.74, 6) is 0.583. The van der Waals surface area contributed by atoms with Gasteiger partial charge in [0.2, 0.25) is 0 Å². The maximum absolute atomic E-state index is 6.08. The van der Waals surface area contributed by atoms with Crippen molar-refractivity contribution in [1.82, 2.24) is 9.97 Å². The second-order valence-corrected chi connectivity index (χ2v) is 4.54. The minimum absolute atomic E-state index is 0.492. The molecule has 19 heavy (non-hydrogen) atoms. The Labute approximate surface area is 115 Å². The van der Waals surface area contributed by atoms with Gasteiger partial charge < -0.3 is 11.1 Å². The minimum Gasteiger partial charge on any atom is -0.397 e. The lowest BCUT2D eigenvalue weighted by atomic mass is 10.2. The number of halogens is 1. The number of benzene rings is 1. The van der Waals surface area contributed by atoms with Crippen LogP contribution in [-0.4, -0.2) is 9.97 Å². The zero-order valence-electron chi connectivity index (χ0n) is 9.97. The first kappa shape index (κ1) is 11.7. The Kier molecular flexibility index (Phi) is 2.93. The predicted molar refractivity (Wildman–Crippen MR) is 78.7 cm³/mol. The Hall–Kier alpha value is -2.33. The molecule has 94 valence electrons. The normalized spacial score (nSPS) is 10.6. The number of pyridine rings is 2. The van der Waals surface area contributed by atoms with Gasteiger partial charge in [-0.3, -0.25) is 4.98 Å². The number of anilines is 3. The zero-order valence-corrected chi connectivity index (χ0v) is 10.7. The summed E-state index contributed by atoms with van der Waals surface area (Å²) in [4.78, 5) is 8.44. The van der Waals surface area contributed by atoms with E-state index in [2.05, 4.69) is 15.3 Å². The van der Waals surface area contributed by atoms with E-state index in [1.807, 2.05) is 30.3 Å². The van der Waals surface area contributed by atoms with Crippen LogP contribution in [0.3, 0.4) is 0 Å². The fourth-order valence-corrected chi connectivity index (χ4v) is 2.06. The number of fused-ring (bicyclic) bond motifs is 1. The maximum atomic E-state index is 6.08.